The van der Waals surface area contributed by atoms with Gasteiger partial charge in [0.2, 0.25) is 10.0 Å². The zero-order valence-electron chi connectivity index (χ0n) is 12.0. The van der Waals surface area contributed by atoms with Crippen LogP contribution in [0.15, 0.2) is 23.1 Å². The Morgan fingerprint density at radius 1 is 1.33 bits per heavy atom. The molecule has 1 unspecified atom stereocenters. The summed E-state index contributed by atoms with van der Waals surface area (Å²) in [6.45, 7) is 5.93. The van der Waals surface area contributed by atoms with E-state index in [4.69, 9.17) is 10.9 Å². The van der Waals surface area contributed by atoms with Crippen molar-refractivity contribution in [1.29, 1.82) is 0 Å². The van der Waals surface area contributed by atoms with Crippen molar-refractivity contribution in [3.8, 4) is 0 Å². The number of nitrogens with one attached hydrogen (secondary N) is 1. The van der Waals surface area contributed by atoms with Gasteiger partial charge in [0.15, 0.2) is 0 Å². The van der Waals surface area contributed by atoms with Gasteiger partial charge in [0, 0.05) is 4.88 Å². The van der Waals surface area contributed by atoms with E-state index in [1.54, 1.807) is 17.4 Å². The van der Waals surface area contributed by atoms with Crippen LogP contribution < -0.4 is 16.2 Å². The molecule has 2 rings (SSSR count). The Bertz CT molecular complexity index is 768. The van der Waals surface area contributed by atoms with Crippen LogP contribution in [0.2, 0.25) is 0 Å². The molecule has 0 aliphatic carbocycles. The van der Waals surface area contributed by atoms with Gasteiger partial charge in [-0.15, -0.1) is 11.3 Å². The van der Waals surface area contributed by atoms with E-state index in [-0.39, 0.29) is 10.9 Å². The molecule has 0 aliphatic rings. The maximum Gasteiger partial charge on any atom is 0.238 e. The molecule has 1 atom stereocenters. The van der Waals surface area contributed by atoms with Crippen molar-refractivity contribution in [1.82, 2.24) is 4.98 Å². The average Bonchev–Trinajstić information content (AvgIpc) is 2.69. The number of rotatable bonds is 4. The molecule has 0 aliphatic heterocycles. The number of hydrogen-bond acceptors (Lipinski definition) is 6. The topological polar surface area (TPSA) is 111 Å². The number of anilines is 2. The Morgan fingerprint density at radius 2 is 2.00 bits per heavy atom. The molecular weight excluding hydrogens is 308 g/mol. The molecule has 1 aromatic carbocycles. The fourth-order valence-electron chi connectivity index (χ4n) is 2.10. The summed E-state index contributed by atoms with van der Waals surface area (Å²) < 4.78 is 22.6. The number of nitrogens with two attached hydrogens (primary N) is 2. The van der Waals surface area contributed by atoms with E-state index in [9.17, 15) is 8.42 Å². The second-order valence-electron chi connectivity index (χ2n) is 4.84. The molecule has 6 nitrogen and oxygen atoms in total. The summed E-state index contributed by atoms with van der Waals surface area (Å²) >= 11 is 1.62. The first-order valence-electron chi connectivity index (χ1n) is 6.31. The zero-order chi connectivity index (χ0) is 15.8. The third-order valence-electron chi connectivity index (χ3n) is 3.06. The number of aromatic nitrogens is 1. The largest absolute Gasteiger partial charge is 0.397 e. The molecule has 5 N–H and O–H groups in total. The summed E-state index contributed by atoms with van der Waals surface area (Å²) in [5.74, 6) is 0. The second-order valence-corrected chi connectivity index (χ2v) is 7.64. The standard InChI is InChI=1S/C13H18N4O2S2/c1-7-13(20-9(3)16-7)8(2)17-12-5-4-10(6-11(12)14)21(15,18)19/h4-6,8,17H,14H2,1-3H3,(H2,15,18,19). The first kappa shape index (κ1) is 15.7. The number of primary sulfonamides is 1. The molecule has 8 heteroatoms. The van der Waals surface area contributed by atoms with Gasteiger partial charge in [0.1, 0.15) is 0 Å². The van der Waals surface area contributed by atoms with Crippen LogP contribution in [0.25, 0.3) is 0 Å². The number of hydrogen-bond donors (Lipinski definition) is 3. The summed E-state index contributed by atoms with van der Waals surface area (Å²) in [6.07, 6.45) is 0. The normalized spacial score (nSPS) is 13.1. The minimum atomic E-state index is -3.74. The van der Waals surface area contributed by atoms with Crippen LogP contribution in [0.1, 0.15) is 28.5 Å². The van der Waals surface area contributed by atoms with Crippen LogP contribution in [0.3, 0.4) is 0 Å². The van der Waals surface area contributed by atoms with Crippen LogP contribution in [0.5, 0.6) is 0 Å². The lowest BCUT2D eigenvalue weighted by molar-refractivity contribution is 0.598. The van der Waals surface area contributed by atoms with Gasteiger partial charge in [0.05, 0.1) is 33.0 Å². The van der Waals surface area contributed by atoms with Crippen molar-refractivity contribution in [2.45, 2.75) is 31.7 Å². The van der Waals surface area contributed by atoms with Crippen LogP contribution in [-0.2, 0) is 10.0 Å². The van der Waals surface area contributed by atoms with Crippen molar-refractivity contribution >= 4 is 32.7 Å². The highest BCUT2D eigenvalue weighted by Gasteiger charge is 2.15. The molecule has 0 saturated carbocycles. The van der Waals surface area contributed by atoms with Gasteiger partial charge in [-0.05, 0) is 39.0 Å². The van der Waals surface area contributed by atoms with E-state index in [1.807, 2.05) is 20.8 Å². The molecule has 0 bridgehead atoms. The van der Waals surface area contributed by atoms with Crippen molar-refractivity contribution in [3.63, 3.8) is 0 Å². The Hall–Kier alpha value is -1.64. The second kappa shape index (κ2) is 5.63. The van der Waals surface area contributed by atoms with E-state index >= 15 is 0 Å². The van der Waals surface area contributed by atoms with E-state index in [0.717, 1.165) is 15.6 Å². The lowest BCUT2D eigenvalue weighted by atomic mass is 10.2. The fourth-order valence-corrected chi connectivity index (χ4v) is 3.58. The first-order valence-corrected chi connectivity index (χ1v) is 8.67. The number of benzene rings is 1. The van der Waals surface area contributed by atoms with Gasteiger partial charge < -0.3 is 11.1 Å². The van der Waals surface area contributed by atoms with Crippen LogP contribution >= 0.6 is 11.3 Å². The SMILES string of the molecule is Cc1nc(C)c(C(C)Nc2ccc(S(N)(=O)=O)cc2N)s1. The lowest BCUT2D eigenvalue weighted by Crippen LogP contribution is -2.13. The number of thiazole rings is 1. The van der Waals surface area contributed by atoms with Crippen LogP contribution in [-0.4, -0.2) is 13.4 Å². The summed E-state index contributed by atoms with van der Waals surface area (Å²) in [5.41, 5.74) is 7.88. The maximum atomic E-state index is 11.3. The molecule has 0 spiro atoms. The number of nitrogens with zero attached hydrogens (tertiary/aromatic N) is 1. The van der Waals surface area contributed by atoms with Gasteiger partial charge in [-0.3, -0.25) is 0 Å². The van der Waals surface area contributed by atoms with E-state index in [2.05, 4.69) is 10.3 Å². The first-order chi connectivity index (χ1) is 9.68. The highest BCUT2D eigenvalue weighted by atomic mass is 32.2. The van der Waals surface area contributed by atoms with Crippen molar-refractivity contribution < 1.29 is 8.42 Å². The Kier molecular flexibility index (Phi) is 4.22. The summed E-state index contributed by atoms with van der Waals surface area (Å²) in [4.78, 5) is 5.52. The lowest BCUT2D eigenvalue weighted by Gasteiger charge is -2.16. The molecular formula is C13H18N4O2S2. The van der Waals surface area contributed by atoms with Crippen LogP contribution in [0.4, 0.5) is 11.4 Å². The van der Waals surface area contributed by atoms with Gasteiger partial charge >= 0.3 is 0 Å². The highest BCUT2D eigenvalue weighted by Crippen LogP contribution is 2.30. The molecule has 114 valence electrons. The molecule has 1 heterocycles. The molecule has 2 aromatic rings. The summed E-state index contributed by atoms with van der Waals surface area (Å²) in [7, 11) is -3.74. The highest BCUT2D eigenvalue weighted by molar-refractivity contribution is 7.89. The molecule has 0 saturated heterocycles. The van der Waals surface area contributed by atoms with Crippen LogP contribution in [0, 0.1) is 13.8 Å². The van der Waals surface area contributed by atoms with Gasteiger partial charge in [-0.2, -0.15) is 0 Å². The summed E-state index contributed by atoms with van der Waals surface area (Å²) in [6, 6.07) is 4.44. The van der Waals surface area contributed by atoms with Crippen molar-refractivity contribution in [3.05, 3.63) is 33.8 Å². The van der Waals surface area contributed by atoms with E-state index in [0.29, 0.717) is 11.4 Å². The van der Waals surface area contributed by atoms with Crippen molar-refractivity contribution in [2.75, 3.05) is 11.1 Å². The minimum absolute atomic E-state index is 0.00279. The number of sulfonamides is 1. The molecule has 0 amide bonds. The van der Waals surface area contributed by atoms with E-state index in [1.165, 1.54) is 12.1 Å². The summed E-state index contributed by atoms with van der Waals surface area (Å²) in [5, 5.41) is 9.36. The predicted molar refractivity (Wildman–Crippen MR) is 85.9 cm³/mol. The minimum Gasteiger partial charge on any atom is -0.397 e. The van der Waals surface area contributed by atoms with Gasteiger partial charge in [-0.25, -0.2) is 18.5 Å². The predicted octanol–water partition coefficient (Wildman–Crippen LogP) is 2.16. The number of nitrogen functional groups attached to an aromatic ring is 1. The fraction of sp³-hybridized carbons (Fsp3) is 0.308. The third-order valence-corrected chi connectivity index (χ3v) is 5.22. The zero-order valence-corrected chi connectivity index (χ0v) is 13.7. The van der Waals surface area contributed by atoms with Gasteiger partial charge in [0.25, 0.3) is 0 Å². The molecule has 21 heavy (non-hydrogen) atoms. The average molecular weight is 326 g/mol. The van der Waals surface area contributed by atoms with Crippen molar-refractivity contribution in [2.24, 2.45) is 5.14 Å². The molecule has 0 fully saturated rings. The Labute approximate surface area is 128 Å². The quantitative estimate of drug-likeness (QED) is 0.746. The Balaban J connectivity index is 2.26. The maximum absolute atomic E-state index is 11.3. The number of aryl methyl sites for hydroxylation is 2. The Morgan fingerprint density at radius 3 is 2.48 bits per heavy atom. The molecule has 1 aromatic heterocycles. The third kappa shape index (κ3) is 3.52. The monoisotopic (exact) mass is 326 g/mol. The smallest absolute Gasteiger partial charge is 0.238 e. The van der Waals surface area contributed by atoms with Gasteiger partial charge in [-0.1, -0.05) is 0 Å². The van der Waals surface area contributed by atoms with E-state index < -0.39 is 10.0 Å². The molecule has 0 radical (unpaired) electrons.